The maximum absolute atomic E-state index is 11.9. The van der Waals surface area contributed by atoms with E-state index in [2.05, 4.69) is 20.8 Å². The molecule has 0 aliphatic carbocycles. The van der Waals surface area contributed by atoms with Crippen LogP contribution in [-0.4, -0.2) is 12.1 Å². The molecular weight excluding hydrogens is 224 g/mol. The molecule has 0 amide bonds. The summed E-state index contributed by atoms with van der Waals surface area (Å²) in [5.41, 5.74) is -0.719. The van der Waals surface area contributed by atoms with E-state index in [1.54, 1.807) is 6.92 Å². The summed E-state index contributed by atoms with van der Waals surface area (Å²) in [5.74, 6) is 0.230. The number of ketones is 1. The Labute approximate surface area is 113 Å². The molecule has 0 fully saturated rings. The molecule has 0 saturated heterocycles. The summed E-state index contributed by atoms with van der Waals surface area (Å²) >= 11 is 0. The van der Waals surface area contributed by atoms with Crippen LogP contribution >= 0.6 is 0 Å². The molecule has 0 heterocycles. The first-order valence-electron chi connectivity index (χ1n) is 7.52. The first-order valence-corrected chi connectivity index (χ1v) is 7.52. The van der Waals surface area contributed by atoms with Crippen LogP contribution in [0.25, 0.3) is 0 Å². The fraction of sp³-hybridized carbons (Fsp3) is 0.875. The van der Waals surface area contributed by atoms with Crippen molar-refractivity contribution in [2.24, 2.45) is 11.3 Å². The highest BCUT2D eigenvalue weighted by molar-refractivity contribution is 5.96. The summed E-state index contributed by atoms with van der Waals surface area (Å²) < 4.78 is 0. The van der Waals surface area contributed by atoms with E-state index in [1.165, 1.54) is 12.8 Å². The second-order valence-electron chi connectivity index (χ2n) is 5.57. The number of Topliss-reactive ketones (excluding diaryl/α,β-unsaturated/α-hetero) is 1. The zero-order valence-electron chi connectivity index (χ0n) is 12.6. The van der Waals surface area contributed by atoms with Crippen molar-refractivity contribution in [3.8, 4) is 0 Å². The minimum atomic E-state index is -0.719. The van der Waals surface area contributed by atoms with Gasteiger partial charge in [-0.1, -0.05) is 59.3 Å². The summed E-state index contributed by atoms with van der Waals surface area (Å²) in [6.45, 7) is 7.96. The maximum atomic E-state index is 11.9. The lowest BCUT2D eigenvalue weighted by atomic mass is 9.69. The molecular formula is C16H30O2. The molecule has 106 valence electrons. The Morgan fingerprint density at radius 1 is 1.11 bits per heavy atom. The molecule has 0 aromatic carbocycles. The molecule has 2 heteroatoms. The lowest BCUT2D eigenvalue weighted by Crippen LogP contribution is -2.38. The van der Waals surface area contributed by atoms with E-state index in [4.69, 9.17) is 0 Å². The van der Waals surface area contributed by atoms with Gasteiger partial charge in [-0.25, -0.2) is 0 Å². The SMILES string of the molecule is CCCCC[C@H](C)C(C=O)(CCCCC)C(C)=O. The van der Waals surface area contributed by atoms with Gasteiger partial charge in [-0.15, -0.1) is 0 Å². The molecule has 0 rings (SSSR count). The largest absolute Gasteiger partial charge is 0.302 e. The highest BCUT2D eigenvalue weighted by Gasteiger charge is 2.39. The van der Waals surface area contributed by atoms with Gasteiger partial charge in [0, 0.05) is 0 Å². The average molecular weight is 254 g/mol. The molecule has 0 N–H and O–H groups in total. The molecule has 18 heavy (non-hydrogen) atoms. The predicted octanol–water partition coefficient (Wildman–Crippen LogP) is 4.56. The van der Waals surface area contributed by atoms with Crippen molar-refractivity contribution in [3.63, 3.8) is 0 Å². The van der Waals surface area contributed by atoms with Gasteiger partial charge in [0.25, 0.3) is 0 Å². The monoisotopic (exact) mass is 254 g/mol. The summed E-state index contributed by atoms with van der Waals surface area (Å²) in [5, 5.41) is 0. The van der Waals surface area contributed by atoms with Crippen molar-refractivity contribution in [1.82, 2.24) is 0 Å². The van der Waals surface area contributed by atoms with Crippen molar-refractivity contribution < 1.29 is 9.59 Å². The van der Waals surface area contributed by atoms with Crippen molar-refractivity contribution in [2.75, 3.05) is 0 Å². The number of carbonyl (C=O) groups is 2. The lowest BCUT2D eigenvalue weighted by molar-refractivity contribution is -0.137. The third kappa shape index (κ3) is 4.91. The van der Waals surface area contributed by atoms with Gasteiger partial charge in [0.2, 0.25) is 0 Å². The minimum absolute atomic E-state index is 0.0533. The number of hydrogen-bond acceptors (Lipinski definition) is 2. The van der Waals surface area contributed by atoms with Crippen molar-refractivity contribution in [1.29, 1.82) is 0 Å². The second kappa shape index (κ2) is 9.29. The Morgan fingerprint density at radius 3 is 2.11 bits per heavy atom. The fourth-order valence-electron chi connectivity index (χ4n) is 2.65. The summed E-state index contributed by atoms with van der Waals surface area (Å²) in [6, 6.07) is 0. The molecule has 0 aromatic heterocycles. The minimum Gasteiger partial charge on any atom is -0.302 e. The third-order valence-electron chi connectivity index (χ3n) is 4.18. The summed E-state index contributed by atoms with van der Waals surface area (Å²) in [4.78, 5) is 23.5. The molecule has 2 atom stereocenters. The number of hydrogen-bond donors (Lipinski definition) is 0. The average Bonchev–Trinajstić information content (AvgIpc) is 2.34. The van der Waals surface area contributed by atoms with Crippen LogP contribution in [0.3, 0.4) is 0 Å². The standard InChI is InChI=1S/C16H30O2/c1-5-7-9-11-14(3)16(13-17,15(4)18)12-10-8-6-2/h13-14H,5-12H2,1-4H3/t14-,16?/m0/s1. The van der Waals surface area contributed by atoms with E-state index < -0.39 is 5.41 Å². The predicted molar refractivity (Wildman–Crippen MR) is 76.6 cm³/mol. The molecule has 2 nitrogen and oxygen atoms in total. The van der Waals surface area contributed by atoms with E-state index in [9.17, 15) is 9.59 Å². The zero-order valence-corrected chi connectivity index (χ0v) is 12.6. The number of aldehydes is 1. The van der Waals surface area contributed by atoms with Gasteiger partial charge in [-0.2, -0.15) is 0 Å². The van der Waals surface area contributed by atoms with E-state index in [0.717, 1.165) is 44.8 Å². The number of carbonyl (C=O) groups excluding carboxylic acids is 2. The summed E-state index contributed by atoms with van der Waals surface area (Å²) in [6.07, 6.45) is 9.33. The Morgan fingerprint density at radius 2 is 1.67 bits per heavy atom. The van der Waals surface area contributed by atoms with E-state index in [1.807, 2.05) is 0 Å². The fourth-order valence-corrected chi connectivity index (χ4v) is 2.65. The van der Waals surface area contributed by atoms with Gasteiger partial charge < -0.3 is 4.79 Å². The Kier molecular flexibility index (Phi) is 8.95. The Bertz CT molecular complexity index is 247. The van der Waals surface area contributed by atoms with Gasteiger partial charge >= 0.3 is 0 Å². The smallest absolute Gasteiger partial charge is 0.143 e. The Balaban J connectivity index is 4.61. The molecule has 0 aliphatic heterocycles. The molecule has 0 bridgehead atoms. The van der Waals surface area contributed by atoms with Crippen molar-refractivity contribution in [3.05, 3.63) is 0 Å². The zero-order chi connectivity index (χ0) is 14.0. The van der Waals surface area contributed by atoms with E-state index >= 15 is 0 Å². The highest BCUT2D eigenvalue weighted by atomic mass is 16.1. The van der Waals surface area contributed by atoms with Crippen LogP contribution in [-0.2, 0) is 9.59 Å². The number of rotatable bonds is 11. The first kappa shape index (κ1) is 17.3. The van der Waals surface area contributed by atoms with Gasteiger partial charge in [0.1, 0.15) is 12.1 Å². The highest BCUT2D eigenvalue weighted by Crippen LogP contribution is 2.36. The first-order chi connectivity index (χ1) is 8.55. The molecule has 0 radical (unpaired) electrons. The second-order valence-corrected chi connectivity index (χ2v) is 5.57. The van der Waals surface area contributed by atoms with Crippen LogP contribution < -0.4 is 0 Å². The van der Waals surface area contributed by atoms with Crippen LogP contribution in [0.15, 0.2) is 0 Å². The van der Waals surface area contributed by atoms with Gasteiger partial charge in [0.15, 0.2) is 0 Å². The van der Waals surface area contributed by atoms with Crippen LogP contribution in [0.4, 0.5) is 0 Å². The molecule has 0 spiro atoms. The maximum Gasteiger partial charge on any atom is 0.143 e. The number of unbranched alkanes of at least 4 members (excludes halogenated alkanes) is 4. The van der Waals surface area contributed by atoms with E-state index in [-0.39, 0.29) is 11.7 Å². The normalized spacial score (nSPS) is 16.0. The quantitative estimate of drug-likeness (QED) is 0.308. The summed E-state index contributed by atoms with van der Waals surface area (Å²) in [7, 11) is 0. The van der Waals surface area contributed by atoms with Crippen molar-refractivity contribution in [2.45, 2.75) is 79.1 Å². The molecule has 0 saturated carbocycles. The van der Waals surface area contributed by atoms with E-state index in [0.29, 0.717) is 0 Å². The molecule has 0 aromatic rings. The lowest BCUT2D eigenvalue weighted by Gasteiger charge is -2.32. The van der Waals surface area contributed by atoms with Gasteiger partial charge in [0.05, 0.1) is 5.41 Å². The Hall–Kier alpha value is -0.660. The van der Waals surface area contributed by atoms with Crippen LogP contribution in [0.5, 0.6) is 0 Å². The van der Waals surface area contributed by atoms with Crippen LogP contribution in [0.2, 0.25) is 0 Å². The molecule has 1 unspecified atom stereocenters. The third-order valence-corrected chi connectivity index (χ3v) is 4.18. The molecule has 0 aliphatic rings. The topological polar surface area (TPSA) is 34.1 Å². The van der Waals surface area contributed by atoms with Crippen molar-refractivity contribution >= 4 is 12.1 Å². The van der Waals surface area contributed by atoms with Crippen LogP contribution in [0.1, 0.15) is 79.1 Å². The van der Waals surface area contributed by atoms with Crippen LogP contribution in [0, 0.1) is 11.3 Å². The van der Waals surface area contributed by atoms with Gasteiger partial charge in [-0.3, -0.25) is 4.79 Å². The van der Waals surface area contributed by atoms with Gasteiger partial charge in [-0.05, 0) is 25.7 Å².